The normalized spacial score (nSPS) is 11.1. The number of thiazole rings is 1. The lowest BCUT2D eigenvalue weighted by Gasteiger charge is -2.18. The van der Waals surface area contributed by atoms with Crippen molar-refractivity contribution in [2.75, 3.05) is 4.90 Å². The van der Waals surface area contributed by atoms with Crippen LogP contribution in [0.25, 0.3) is 21.5 Å². The van der Waals surface area contributed by atoms with Crippen molar-refractivity contribution in [1.29, 1.82) is 0 Å². The van der Waals surface area contributed by atoms with E-state index in [1.807, 2.05) is 49.4 Å². The van der Waals surface area contributed by atoms with E-state index in [9.17, 15) is 4.79 Å². The quantitative estimate of drug-likeness (QED) is 0.345. The predicted octanol–water partition coefficient (Wildman–Crippen LogP) is 5.81. The zero-order chi connectivity index (χ0) is 22.1. The van der Waals surface area contributed by atoms with Crippen molar-refractivity contribution in [3.63, 3.8) is 0 Å². The number of benzene rings is 2. The Morgan fingerprint density at radius 1 is 1.03 bits per heavy atom. The molecule has 0 fully saturated rings. The van der Waals surface area contributed by atoms with Crippen LogP contribution in [-0.2, 0) is 6.54 Å². The second kappa shape index (κ2) is 8.36. The molecule has 0 aliphatic heterocycles. The Bertz CT molecular complexity index is 1350. The van der Waals surface area contributed by atoms with Crippen LogP contribution in [0.4, 0.5) is 5.13 Å². The summed E-state index contributed by atoms with van der Waals surface area (Å²) in [6.45, 7) is 4.42. The lowest BCUT2D eigenvalue weighted by atomic mass is 10.1. The number of carbonyl (C=O) groups is 1. The molecule has 0 aliphatic rings. The summed E-state index contributed by atoms with van der Waals surface area (Å²) < 4.78 is 6.56. The number of aryl methyl sites for hydroxylation is 2. The maximum absolute atomic E-state index is 13.6. The van der Waals surface area contributed by atoms with E-state index in [0.717, 1.165) is 32.5 Å². The number of hydrogen-bond acceptors (Lipinski definition) is 6. The Hall–Kier alpha value is -3.84. The zero-order valence-electron chi connectivity index (χ0n) is 17.6. The average Bonchev–Trinajstić information content (AvgIpc) is 3.50. The van der Waals surface area contributed by atoms with Crippen LogP contribution in [0.2, 0.25) is 0 Å². The molecule has 0 aliphatic carbocycles. The summed E-state index contributed by atoms with van der Waals surface area (Å²) in [5.41, 5.74) is 5.13. The smallest absolute Gasteiger partial charge is 0.282 e. The van der Waals surface area contributed by atoms with Crippen LogP contribution in [0.1, 0.15) is 27.2 Å². The minimum atomic E-state index is -0.269. The van der Waals surface area contributed by atoms with E-state index in [1.54, 1.807) is 23.4 Å². The van der Waals surface area contributed by atoms with Gasteiger partial charge >= 0.3 is 0 Å². The molecule has 6 nitrogen and oxygen atoms in total. The molecular formula is C25H20N4O2S. The molecule has 0 radical (unpaired) electrons. The van der Waals surface area contributed by atoms with Crippen LogP contribution < -0.4 is 4.90 Å². The van der Waals surface area contributed by atoms with Crippen molar-refractivity contribution in [1.82, 2.24) is 15.1 Å². The number of aromatic nitrogens is 3. The van der Waals surface area contributed by atoms with Crippen LogP contribution in [0.5, 0.6) is 0 Å². The molecule has 0 N–H and O–H groups in total. The van der Waals surface area contributed by atoms with E-state index in [2.05, 4.69) is 29.2 Å². The molecule has 5 aromatic rings. The maximum Gasteiger partial charge on any atom is 0.282 e. The van der Waals surface area contributed by atoms with Crippen LogP contribution in [0.3, 0.4) is 0 Å². The van der Waals surface area contributed by atoms with E-state index in [0.29, 0.717) is 17.4 Å². The third-order valence-electron chi connectivity index (χ3n) is 5.26. The maximum atomic E-state index is 13.6. The van der Waals surface area contributed by atoms with Gasteiger partial charge in [-0.25, -0.2) is 4.98 Å². The molecule has 3 heterocycles. The highest BCUT2D eigenvalue weighted by Crippen LogP contribution is 2.34. The minimum Gasteiger partial charge on any atom is -0.355 e. The molecule has 7 heteroatoms. The lowest BCUT2D eigenvalue weighted by Crippen LogP contribution is -2.30. The molecule has 1 amide bonds. The average molecular weight is 441 g/mol. The number of pyridine rings is 1. The first kappa shape index (κ1) is 20.1. The topological polar surface area (TPSA) is 72.1 Å². The first-order valence-electron chi connectivity index (χ1n) is 10.2. The van der Waals surface area contributed by atoms with Gasteiger partial charge in [-0.15, -0.1) is 0 Å². The number of hydrogen-bond donors (Lipinski definition) is 0. The molecule has 3 aromatic heterocycles. The van der Waals surface area contributed by atoms with Crippen molar-refractivity contribution in [2.24, 2.45) is 0 Å². The molecule has 0 unspecified atom stereocenters. The van der Waals surface area contributed by atoms with Crippen LogP contribution in [0, 0.1) is 13.8 Å². The van der Waals surface area contributed by atoms with Crippen LogP contribution in [0.15, 0.2) is 77.6 Å². The highest BCUT2D eigenvalue weighted by molar-refractivity contribution is 7.22. The van der Waals surface area contributed by atoms with Crippen molar-refractivity contribution in [3.05, 3.63) is 95.4 Å². The number of amides is 1. The molecular weight excluding hydrogens is 420 g/mol. The van der Waals surface area contributed by atoms with Gasteiger partial charge in [0, 0.05) is 24.0 Å². The van der Waals surface area contributed by atoms with Gasteiger partial charge in [-0.1, -0.05) is 65.0 Å². The van der Waals surface area contributed by atoms with Gasteiger partial charge in [0.2, 0.25) is 0 Å². The summed E-state index contributed by atoms with van der Waals surface area (Å²) in [5, 5.41) is 4.69. The monoisotopic (exact) mass is 440 g/mol. The number of fused-ring (bicyclic) bond motifs is 1. The second-order valence-corrected chi connectivity index (χ2v) is 8.55. The zero-order valence-corrected chi connectivity index (χ0v) is 18.5. The molecule has 0 bridgehead atoms. The predicted molar refractivity (Wildman–Crippen MR) is 126 cm³/mol. The van der Waals surface area contributed by atoms with E-state index in [1.165, 1.54) is 11.3 Å². The molecule has 5 rings (SSSR count). The van der Waals surface area contributed by atoms with Gasteiger partial charge in [0.15, 0.2) is 16.6 Å². The van der Waals surface area contributed by atoms with Gasteiger partial charge in [0.05, 0.1) is 16.8 Å². The van der Waals surface area contributed by atoms with Crippen molar-refractivity contribution in [2.45, 2.75) is 20.4 Å². The molecule has 0 atom stereocenters. The van der Waals surface area contributed by atoms with Gasteiger partial charge in [0.25, 0.3) is 5.91 Å². The highest BCUT2D eigenvalue weighted by Gasteiger charge is 2.25. The van der Waals surface area contributed by atoms with Gasteiger partial charge in [-0.05, 0) is 36.6 Å². The number of anilines is 1. The Kier molecular flexibility index (Phi) is 5.25. The third kappa shape index (κ3) is 3.78. The summed E-state index contributed by atoms with van der Waals surface area (Å²) in [4.78, 5) is 24.3. The van der Waals surface area contributed by atoms with Crippen LogP contribution in [-0.4, -0.2) is 21.0 Å². The first-order chi connectivity index (χ1) is 15.6. The number of nitrogens with zero attached hydrogens (tertiary/aromatic N) is 4. The summed E-state index contributed by atoms with van der Waals surface area (Å²) in [5.74, 6) is 0.278. The Balaban J connectivity index is 1.56. The highest BCUT2D eigenvalue weighted by atomic mass is 32.1. The fourth-order valence-corrected chi connectivity index (χ4v) is 4.63. The second-order valence-electron chi connectivity index (χ2n) is 7.57. The summed E-state index contributed by atoms with van der Waals surface area (Å²) in [6, 6.07) is 19.2. The van der Waals surface area contributed by atoms with Crippen molar-refractivity contribution < 1.29 is 9.32 Å². The van der Waals surface area contributed by atoms with E-state index >= 15 is 0 Å². The Morgan fingerprint density at radius 2 is 1.84 bits per heavy atom. The van der Waals surface area contributed by atoms with Gasteiger partial charge in [-0.2, -0.15) is 0 Å². The standard InChI is InChI=1S/C25H20N4O2S/c1-16-10-11-17(2)23-22(16)27-25(32-23)29(15-18-7-6-12-26-14-18)24(30)20-13-21(31-28-20)19-8-4-3-5-9-19/h3-14H,15H2,1-2H3. The lowest BCUT2D eigenvalue weighted by molar-refractivity contribution is 0.0976. The minimum absolute atomic E-state index is 0.237. The molecule has 0 saturated carbocycles. The fourth-order valence-electron chi connectivity index (χ4n) is 3.52. The summed E-state index contributed by atoms with van der Waals surface area (Å²) >= 11 is 1.51. The molecule has 0 spiro atoms. The van der Waals surface area contributed by atoms with E-state index in [-0.39, 0.29) is 11.6 Å². The van der Waals surface area contributed by atoms with Crippen molar-refractivity contribution >= 4 is 32.6 Å². The van der Waals surface area contributed by atoms with Crippen molar-refractivity contribution in [3.8, 4) is 11.3 Å². The van der Waals surface area contributed by atoms with Gasteiger partial charge in [-0.3, -0.25) is 14.7 Å². The molecule has 158 valence electrons. The first-order valence-corrected chi connectivity index (χ1v) is 11.0. The van der Waals surface area contributed by atoms with Gasteiger partial charge < -0.3 is 4.52 Å². The van der Waals surface area contributed by atoms with Crippen LogP contribution >= 0.6 is 11.3 Å². The SMILES string of the molecule is Cc1ccc(C)c2sc(N(Cc3cccnc3)C(=O)c3cc(-c4ccccc4)on3)nc12. The number of carbonyl (C=O) groups excluding carboxylic acids is 1. The summed E-state index contributed by atoms with van der Waals surface area (Å²) in [6.07, 6.45) is 3.46. The number of rotatable bonds is 5. The Morgan fingerprint density at radius 3 is 2.59 bits per heavy atom. The molecule has 2 aromatic carbocycles. The third-order valence-corrected chi connectivity index (χ3v) is 6.47. The fraction of sp³-hybridized carbons (Fsp3) is 0.120. The van der Waals surface area contributed by atoms with E-state index in [4.69, 9.17) is 9.51 Å². The molecule has 0 saturated heterocycles. The largest absolute Gasteiger partial charge is 0.355 e. The summed E-state index contributed by atoms with van der Waals surface area (Å²) in [7, 11) is 0. The van der Waals surface area contributed by atoms with E-state index < -0.39 is 0 Å². The Labute approximate surface area is 189 Å². The molecule has 32 heavy (non-hydrogen) atoms. The van der Waals surface area contributed by atoms with Gasteiger partial charge in [0.1, 0.15) is 0 Å².